The molecule has 0 bridgehead atoms. The number of carbonyl (C=O) groups is 1. The SMILES string of the molecule is CC(C)CN(CC(N)=O)C1CNCCC1C. The van der Waals surface area contributed by atoms with E-state index in [1.807, 2.05) is 0 Å². The van der Waals surface area contributed by atoms with Crippen LogP contribution in [0.2, 0.25) is 0 Å². The number of nitrogens with one attached hydrogen (secondary N) is 1. The zero-order valence-corrected chi connectivity index (χ0v) is 10.7. The molecule has 0 saturated carbocycles. The van der Waals surface area contributed by atoms with E-state index in [1.54, 1.807) is 0 Å². The Hall–Kier alpha value is -0.610. The molecule has 1 amide bonds. The Kier molecular flexibility index (Phi) is 5.22. The second-order valence-corrected chi connectivity index (χ2v) is 5.33. The molecule has 3 N–H and O–H groups in total. The first-order chi connectivity index (χ1) is 7.50. The monoisotopic (exact) mass is 227 g/mol. The lowest BCUT2D eigenvalue weighted by molar-refractivity contribution is -0.120. The van der Waals surface area contributed by atoms with Crippen LogP contribution in [0.3, 0.4) is 0 Å². The van der Waals surface area contributed by atoms with E-state index in [0.29, 0.717) is 24.4 Å². The Morgan fingerprint density at radius 3 is 2.75 bits per heavy atom. The Morgan fingerprint density at radius 2 is 2.25 bits per heavy atom. The minimum atomic E-state index is -0.224. The molecule has 1 aliphatic rings. The minimum absolute atomic E-state index is 0.224. The zero-order valence-electron chi connectivity index (χ0n) is 10.7. The molecule has 4 nitrogen and oxygen atoms in total. The van der Waals surface area contributed by atoms with E-state index in [2.05, 4.69) is 31.0 Å². The number of piperidine rings is 1. The van der Waals surface area contributed by atoms with Gasteiger partial charge in [-0.3, -0.25) is 9.69 Å². The third kappa shape index (κ3) is 4.10. The van der Waals surface area contributed by atoms with Crippen molar-refractivity contribution in [1.82, 2.24) is 10.2 Å². The molecule has 0 aromatic rings. The molecule has 16 heavy (non-hydrogen) atoms. The first-order valence-corrected chi connectivity index (χ1v) is 6.23. The topological polar surface area (TPSA) is 58.4 Å². The average Bonchev–Trinajstić information content (AvgIpc) is 2.15. The normalized spacial score (nSPS) is 26.3. The second kappa shape index (κ2) is 6.21. The number of hydrogen-bond acceptors (Lipinski definition) is 3. The van der Waals surface area contributed by atoms with Crippen LogP contribution < -0.4 is 11.1 Å². The molecule has 0 aliphatic carbocycles. The third-order valence-corrected chi connectivity index (χ3v) is 3.21. The number of nitrogens with zero attached hydrogens (tertiary/aromatic N) is 1. The highest BCUT2D eigenvalue weighted by Crippen LogP contribution is 2.18. The van der Waals surface area contributed by atoms with Crippen LogP contribution in [0.1, 0.15) is 27.2 Å². The lowest BCUT2D eigenvalue weighted by Gasteiger charge is -2.39. The van der Waals surface area contributed by atoms with Crippen molar-refractivity contribution >= 4 is 5.91 Å². The fraction of sp³-hybridized carbons (Fsp3) is 0.917. The van der Waals surface area contributed by atoms with E-state index >= 15 is 0 Å². The molecule has 1 rings (SSSR count). The van der Waals surface area contributed by atoms with Gasteiger partial charge in [0.1, 0.15) is 0 Å². The lowest BCUT2D eigenvalue weighted by atomic mass is 9.92. The van der Waals surface area contributed by atoms with Gasteiger partial charge in [-0.05, 0) is 24.8 Å². The van der Waals surface area contributed by atoms with Gasteiger partial charge in [-0.1, -0.05) is 20.8 Å². The number of nitrogens with two attached hydrogens (primary N) is 1. The summed E-state index contributed by atoms with van der Waals surface area (Å²) in [6, 6.07) is 0.448. The van der Waals surface area contributed by atoms with Crippen LogP contribution in [0, 0.1) is 11.8 Å². The van der Waals surface area contributed by atoms with Gasteiger partial charge in [0.05, 0.1) is 6.54 Å². The average molecular weight is 227 g/mol. The van der Waals surface area contributed by atoms with Crippen LogP contribution in [0.5, 0.6) is 0 Å². The molecule has 0 spiro atoms. The predicted molar refractivity (Wildman–Crippen MR) is 66.0 cm³/mol. The second-order valence-electron chi connectivity index (χ2n) is 5.33. The highest BCUT2D eigenvalue weighted by Gasteiger charge is 2.28. The Labute approximate surface area is 98.6 Å². The smallest absolute Gasteiger partial charge is 0.231 e. The summed E-state index contributed by atoms with van der Waals surface area (Å²) >= 11 is 0. The summed E-state index contributed by atoms with van der Waals surface area (Å²) in [5, 5.41) is 3.40. The van der Waals surface area contributed by atoms with Crippen molar-refractivity contribution in [3.05, 3.63) is 0 Å². The van der Waals surface area contributed by atoms with Crippen molar-refractivity contribution in [2.45, 2.75) is 33.2 Å². The fourth-order valence-corrected chi connectivity index (χ4v) is 2.45. The zero-order chi connectivity index (χ0) is 12.1. The molecule has 0 aromatic carbocycles. The van der Waals surface area contributed by atoms with E-state index in [9.17, 15) is 4.79 Å². The molecule has 2 atom stereocenters. The predicted octanol–water partition coefficient (Wildman–Crippen LogP) is 0.428. The summed E-state index contributed by atoms with van der Waals surface area (Å²) in [4.78, 5) is 13.3. The highest BCUT2D eigenvalue weighted by atomic mass is 16.1. The standard InChI is InChI=1S/C12H25N3O/c1-9(2)7-15(8-12(13)16)11-6-14-5-4-10(11)3/h9-11,14H,4-8H2,1-3H3,(H2,13,16). The number of hydrogen-bond donors (Lipinski definition) is 2. The molecule has 94 valence electrons. The van der Waals surface area contributed by atoms with E-state index in [4.69, 9.17) is 5.73 Å². The number of primary amides is 1. The molecule has 2 unspecified atom stereocenters. The van der Waals surface area contributed by atoms with Crippen LogP contribution in [0.25, 0.3) is 0 Å². The minimum Gasteiger partial charge on any atom is -0.369 e. The van der Waals surface area contributed by atoms with Crippen LogP contribution in [-0.2, 0) is 4.79 Å². The number of amides is 1. The molecule has 1 aliphatic heterocycles. The van der Waals surface area contributed by atoms with E-state index in [1.165, 1.54) is 6.42 Å². The summed E-state index contributed by atoms with van der Waals surface area (Å²) in [7, 11) is 0. The fourth-order valence-electron chi connectivity index (χ4n) is 2.45. The first kappa shape index (κ1) is 13.5. The van der Waals surface area contributed by atoms with Crippen molar-refractivity contribution in [2.75, 3.05) is 26.2 Å². The van der Waals surface area contributed by atoms with Crippen LogP contribution in [-0.4, -0.2) is 43.0 Å². The van der Waals surface area contributed by atoms with Crippen molar-refractivity contribution in [1.29, 1.82) is 0 Å². The summed E-state index contributed by atoms with van der Waals surface area (Å²) < 4.78 is 0. The van der Waals surface area contributed by atoms with Crippen molar-refractivity contribution < 1.29 is 4.79 Å². The summed E-state index contributed by atoms with van der Waals surface area (Å²) in [6.07, 6.45) is 1.18. The Morgan fingerprint density at radius 1 is 1.56 bits per heavy atom. The quantitative estimate of drug-likeness (QED) is 0.716. The molecule has 1 fully saturated rings. The van der Waals surface area contributed by atoms with Gasteiger partial charge in [-0.2, -0.15) is 0 Å². The molecule has 0 aromatic heterocycles. The van der Waals surface area contributed by atoms with Crippen molar-refractivity contribution in [3.63, 3.8) is 0 Å². The molecular formula is C12H25N3O. The van der Waals surface area contributed by atoms with Crippen LogP contribution >= 0.6 is 0 Å². The Bertz CT molecular complexity index is 230. The largest absolute Gasteiger partial charge is 0.369 e. The van der Waals surface area contributed by atoms with Gasteiger partial charge in [0.25, 0.3) is 0 Å². The summed E-state index contributed by atoms with van der Waals surface area (Å²) in [5.41, 5.74) is 5.32. The maximum absolute atomic E-state index is 11.1. The molecule has 4 heteroatoms. The van der Waals surface area contributed by atoms with E-state index in [0.717, 1.165) is 19.6 Å². The summed E-state index contributed by atoms with van der Waals surface area (Å²) in [5.74, 6) is 0.978. The molecule has 1 heterocycles. The van der Waals surface area contributed by atoms with Gasteiger partial charge in [-0.15, -0.1) is 0 Å². The summed E-state index contributed by atoms with van der Waals surface area (Å²) in [6.45, 7) is 10.0. The lowest BCUT2D eigenvalue weighted by Crippen LogP contribution is -2.53. The maximum Gasteiger partial charge on any atom is 0.231 e. The maximum atomic E-state index is 11.1. The van der Waals surface area contributed by atoms with Gasteiger partial charge in [-0.25, -0.2) is 0 Å². The third-order valence-electron chi connectivity index (χ3n) is 3.21. The highest BCUT2D eigenvalue weighted by molar-refractivity contribution is 5.75. The number of carbonyl (C=O) groups excluding carboxylic acids is 1. The van der Waals surface area contributed by atoms with Gasteiger partial charge >= 0.3 is 0 Å². The number of rotatable bonds is 5. The van der Waals surface area contributed by atoms with Crippen LogP contribution in [0.15, 0.2) is 0 Å². The van der Waals surface area contributed by atoms with Gasteiger partial charge in [0, 0.05) is 19.1 Å². The first-order valence-electron chi connectivity index (χ1n) is 6.23. The van der Waals surface area contributed by atoms with Gasteiger partial charge < -0.3 is 11.1 Å². The molecule has 1 saturated heterocycles. The van der Waals surface area contributed by atoms with Crippen LogP contribution in [0.4, 0.5) is 0 Å². The van der Waals surface area contributed by atoms with Gasteiger partial charge in [0.2, 0.25) is 5.91 Å². The van der Waals surface area contributed by atoms with Crippen molar-refractivity contribution in [3.8, 4) is 0 Å². The molecule has 0 radical (unpaired) electrons. The van der Waals surface area contributed by atoms with E-state index < -0.39 is 0 Å². The van der Waals surface area contributed by atoms with E-state index in [-0.39, 0.29) is 5.91 Å². The van der Waals surface area contributed by atoms with Gasteiger partial charge in [0.15, 0.2) is 0 Å². The Balaban J connectivity index is 2.61. The van der Waals surface area contributed by atoms with Crippen molar-refractivity contribution in [2.24, 2.45) is 17.6 Å². The molecular weight excluding hydrogens is 202 g/mol.